The van der Waals surface area contributed by atoms with Gasteiger partial charge in [-0.15, -0.1) is 0 Å². The Morgan fingerprint density at radius 2 is 1.38 bits per heavy atom. The number of nitrogens with zero attached hydrogens (tertiary/aromatic N) is 1. The van der Waals surface area contributed by atoms with E-state index in [0.717, 1.165) is 35.2 Å². The highest BCUT2D eigenvalue weighted by Crippen LogP contribution is 2.26. The molecule has 4 amide bonds. The first-order valence-corrected chi connectivity index (χ1v) is 17.4. The van der Waals surface area contributed by atoms with Crippen LogP contribution in [0, 0.1) is 0 Å². The van der Waals surface area contributed by atoms with Gasteiger partial charge in [0.05, 0.1) is 0 Å². The van der Waals surface area contributed by atoms with Crippen LogP contribution in [0.3, 0.4) is 0 Å². The lowest BCUT2D eigenvalue weighted by Gasteiger charge is -2.22. The molecule has 4 rings (SSSR count). The van der Waals surface area contributed by atoms with Crippen LogP contribution in [0.5, 0.6) is 0 Å². The van der Waals surface area contributed by atoms with E-state index in [1.54, 1.807) is 42.3 Å². The lowest BCUT2D eigenvalue weighted by molar-refractivity contribution is -0.122. The molecule has 0 fully saturated rings. The van der Waals surface area contributed by atoms with Gasteiger partial charge >= 0.3 is 6.03 Å². The van der Waals surface area contributed by atoms with Crippen molar-refractivity contribution in [1.82, 2.24) is 16.0 Å². The minimum atomic E-state index is -0.704. The van der Waals surface area contributed by atoms with Crippen LogP contribution >= 0.6 is 0 Å². The maximum atomic E-state index is 13.5. The average molecular weight is 676 g/mol. The number of benzene rings is 4. The number of urea groups is 1. The molecule has 4 N–H and O–H groups in total. The molecule has 0 radical (unpaired) electrons. The van der Waals surface area contributed by atoms with Gasteiger partial charge in [0, 0.05) is 62.5 Å². The fraction of sp³-hybridized carbons (Fsp3) is 0.317. The molecule has 4 aromatic carbocycles. The van der Waals surface area contributed by atoms with E-state index in [0.29, 0.717) is 36.3 Å². The highest BCUT2D eigenvalue weighted by molar-refractivity contribution is 6.12. The Morgan fingerprint density at radius 3 is 2.12 bits per heavy atom. The molecule has 9 nitrogen and oxygen atoms in total. The molecule has 0 saturated carbocycles. The number of rotatable bonds is 18. The molecule has 0 bridgehead atoms. The number of amides is 4. The molecule has 0 spiro atoms. The van der Waals surface area contributed by atoms with E-state index in [1.165, 1.54) is 26.2 Å². The molecule has 0 aliphatic heterocycles. The van der Waals surface area contributed by atoms with Gasteiger partial charge in [0.25, 0.3) is 0 Å². The Labute approximate surface area is 295 Å². The first kappa shape index (κ1) is 37.4. The summed E-state index contributed by atoms with van der Waals surface area (Å²) in [5.74, 6) is -0.567. The van der Waals surface area contributed by atoms with Gasteiger partial charge in [-0.2, -0.15) is 0 Å². The molecule has 0 heterocycles. The Balaban J connectivity index is 1.47. The van der Waals surface area contributed by atoms with Crippen LogP contribution in [0.4, 0.5) is 16.2 Å². The summed E-state index contributed by atoms with van der Waals surface area (Å²) >= 11 is 0. The zero-order chi connectivity index (χ0) is 35.7. The monoisotopic (exact) mass is 675 g/mol. The van der Waals surface area contributed by atoms with Gasteiger partial charge in [-0.1, -0.05) is 111 Å². The van der Waals surface area contributed by atoms with Crippen molar-refractivity contribution < 1.29 is 19.2 Å². The van der Waals surface area contributed by atoms with Crippen LogP contribution in [0.1, 0.15) is 67.4 Å². The smallest absolute Gasteiger partial charge is 0.321 e. The van der Waals surface area contributed by atoms with Crippen LogP contribution in [0.25, 0.3) is 11.1 Å². The third-order valence-corrected chi connectivity index (χ3v) is 8.47. The largest absolute Gasteiger partial charge is 0.373 e. The van der Waals surface area contributed by atoms with Crippen molar-refractivity contribution >= 4 is 35.0 Å². The Hall–Kier alpha value is -5.44. The summed E-state index contributed by atoms with van der Waals surface area (Å²) in [6, 6.07) is 31.2. The van der Waals surface area contributed by atoms with E-state index in [1.807, 2.05) is 72.8 Å². The van der Waals surface area contributed by atoms with Gasteiger partial charge in [0.2, 0.25) is 11.8 Å². The molecule has 1 unspecified atom stereocenters. The third kappa shape index (κ3) is 11.3. The molecule has 50 heavy (non-hydrogen) atoms. The van der Waals surface area contributed by atoms with E-state index in [4.69, 9.17) is 0 Å². The van der Waals surface area contributed by atoms with E-state index in [2.05, 4.69) is 28.2 Å². The number of ketones is 1. The molecule has 4 aromatic rings. The van der Waals surface area contributed by atoms with E-state index >= 15 is 0 Å². The lowest BCUT2D eigenvalue weighted by Crippen LogP contribution is -2.44. The number of hydrogen-bond acceptors (Lipinski definition) is 5. The topological polar surface area (TPSA) is 120 Å². The summed E-state index contributed by atoms with van der Waals surface area (Å²) in [7, 11) is 1.77. The van der Waals surface area contributed by atoms with Crippen LogP contribution in [0.15, 0.2) is 103 Å². The van der Waals surface area contributed by atoms with Gasteiger partial charge in [0.1, 0.15) is 6.04 Å². The Morgan fingerprint density at radius 1 is 0.680 bits per heavy atom. The summed E-state index contributed by atoms with van der Waals surface area (Å²) in [6.07, 6.45) is 6.04. The van der Waals surface area contributed by atoms with Crippen molar-refractivity contribution in [2.75, 3.05) is 36.9 Å². The molecule has 262 valence electrons. The summed E-state index contributed by atoms with van der Waals surface area (Å²) in [5.41, 5.74) is 5.23. The average Bonchev–Trinajstić information content (AvgIpc) is 3.14. The van der Waals surface area contributed by atoms with Crippen LogP contribution in [-0.2, 0) is 16.0 Å². The number of carbonyl (C=O) groups excluding carboxylic acids is 4. The summed E-state index contributed by atoms with van der Waals surface area (Å²) in [6.45, 7) is 4.85. The van der Waals surface area contributed by atoms with Crippen molar-refractivity contribution in [3.63, 3.8) is 0 Å². The van der Waals surface area contributed by atoms with Gasteiger partial charge in [-0.05, 0) is 47.4 Å². The molecule has 0 aliphatic rings. The highest BCUT2D eigenvalue weighted by Gasteiger charge is 2.22. The fourth-order valence-corrected chi connectivity index (χ4v) is 5.62. The number of unbranched alkanes of at least 4 members (excludes halogenated alkanes) is 4. The molecular formula is C41H49N5O4. The summed E-state index contributed by atoms with van der Waals surface area (Å²) in [4.78, 5) is 52.7. The van der Waals surface area contributed by atoms with Gasteiger partial charge < -0.3 is 21.3 Å². The Bertz CT molecular complexity index is 1710. The van der Waals surface area contributed by atoms with Gasteiger partial charge in [0.15, 0.2) is 5.78 Å². The van der Waals surface area contributed by atoms with Crippen molar-refractivity contribution in [3.05, 3.63) is 120 Å². The van der Waals surface area contributed by atoms with Crippen molar-refractivity contribution in [1.29, 1.82) is 0 Å². The lowest BCUT2D eigenvalue weighted by atomic mass is 9.98. The molecular weight excluding hydrogens is 626 g/mol. The molecule has 0 saturated heterocycles. The normalized spacial score (nSPS) is 11.3. The highest BCUT2D eigenvalue weighted by atomic mass is 16.2. The minimum absolute atomic E-state index is 0.131. The third-order valence-electron chi connectivity index (χ3n) is 8.47. The van der Waals surface area contributed by atoms with Crippen molar-refractivity contribution in [2.45, 2.75) is 58.4 Å². The molecule has 1 atom stereocenters. The summed E-state index contributed by atoms with van der Waals surface area (Å²) in [5, 5.41) is 12.0. The zero-order valence-electron chi connectivity index (χ0n) is 29.3. The number of hydrogen-bond donors (Lipinski definition) is 4. The Kier molecular flexibility index (Phi) is 14.6. The second-order valence-electron chi connectivity index (χ2n) is 12.4. The molecule has 9 heteroatoms. The van der Waals surface area contributed by atoms with E-state index in [-0.39, 0.29) is 30.2 Å². The predicted octanol–water partition coefficient (Wildman–Crippen LogP) is 6.98. The number of nitrogens with one attached hydrogen (secondary N) is 4. The second-order valence-corrected chi connectivity index (χ2v) is 12.4. The fourth-order valence-electron chi connectivity index (χ4n) is 5.62. The van der Waals surface area contributed by atoms with Crippen LogP contribution < -0.4 is 26.2 Å². The quantitative estimate of drug-likeness (QED) is 0.0671. The maximum Gasteiger partial charge on any atom is 0.321 e. The number of carbonyl (C=O) groups is 4. The first-order chi connectivity index (χ1) is 24.3. The van der Waals surface area contributed by atoms with Crippen LogP contribution in [-0.4, -0.2) is 56.4 Å². The maximum absolute atomic E-state index is 13.5. The van der Waals surface area contributed by atoms with Gasteiger partial charge in [-0.3, -0.25) is 19.3 Å². The standard InChI is InChI=1S/C41H49N5O4/c1-4-5-6-7-13-25-44-41(50)46(3)35-18-14-17-34(29-35)32-23-21-31(22-24-32)28-38(40(49)43-27-26-42-30(2)47)45-37-20-12-11-19-36(37)39(48)33-15-9-8-10-16-33/h8-12,14-24,29,38,45H,4-7,13,25-28H2,1-3H3,(H,42,47)(H,43,49)(H,44,50). The van der Waals surface area contributed by atoms with Crippen molar-refractivity contribution in [3.8, 4) is 11.1 Å². The van der Waals surface area contributed by atoms with E-state index < -0.39 is 6.04 Å². The van der Waals surface area contributed by atoms with Crippen molar-refractivity contribution in [2.24, 2.45) is 0 Å². The molecule has 0 aliphatic carbocycles. The number of anilines is 2. The minimum Gasteiger partial charge on any atom is -0.373 e. The SMILES string of the molecule is CCCCCCCNC(=O)N(C)c1cccc(-c2ccc(CC(Nc3ccccc3C(=O)c3ccccc3)C(=O)NCCNC(C)=O)cc2)c1. The van der Waals surface area contributed by atoms with Crippen LogP contribution in [0.2, 0.25) is 0 Å². The van der Waals surface area contributed by atoms with Gasteiger partial charge in [-0.25, -0.2) is 4.79 Å². The summed E-state index contributed by atoms with van der Waals surface area (Å²) < 4.78 is 0. The zero-order valence-corrected chi connectivity index (χ0v) is 29.3. The predicted molar refractivity (Wildman–Crippen MR) is 202 cm³/mol. The number of para-hydroxylation sites is 1. The van der Waals surface area contributed by atoms with E-state index in [9.17, 15) is 19.2 Å². The molecule has 0 aromatic heterocycles. The first-order valence-electron chi connectivity index (χ1n) is 17.4. The second kappa shape index (κ2) is 19.5.